The molecule has 0 saturated carbocycles. The number of nitrogens with zero attached hydrogens (tertiary/aromatic N) is 2. The number of hydrogen-bond acceptors (Lipinski definition) is 1. The van der Waals surface area contributed by atoms with E-state index in [1.54, 1.807) is 0 Å². The zero-order chi connectivity index (χ0) is 29.1. The van der Waals surface area contributed by atoms with Gasteiger partial charge >= 0.3 is 0 Å². The van der Waals surface area contributed by atoms with Crippen molar-refractivity contribution in [3.05, 3.63) is 161 Å². The molecule has 0 saturated heterocycles. The Morgan fingerprint density at radius 1 is 0.571 bits per heavy atom. The van der Waals surface area contributed by atoms with E-state index in [1.807, 2.05) is 0 Å². The van der Waals surface area contributed by atoms with Crippen molar-refractivity contribution in [2.45, 2.75) is 40.5 Å². The number of aromatic nitrogens is 1. The zero-order valence-corrected chi connectivity index (χ0v) is 25.0. The standard InChI is InChI=1S/C20H17N.C20H21N/c1-14-11-12-16(13-15(14)2)21-19-9-5-3-7-17(19)18-8-4-6-10-20(18)21;1-16-9-8-13-19(15-16)21(18-11-4-3-5-12-18)20-14-7-6-10-17(20)2/h3-13H,1-2H3;3-7,9-12,14-15H,8,13H2,1-2H3. The maximum atomic E-state index is 2.39. The van der Waals surface area contributed by atoms with Crippen LogP contribution in [0.2, 0.25) is 0 Å². The summed E-state index contributed by atoms with van der Waals surface area (Å²) in [6, 6.07) is 43.2. The molecule has 0 fully saturated rings. The second kappa shape index (κ2) is 12.0. The van der Waals surface area contributed by atoms with Crippen LogP contribution < -0.4 is 4.90 Å². The van der Waals surface area contributed by atoms with Crippen molar-refractivity contribution in [1.82, 2.24) is 4.57 Å². The van der Waals surface area contributed by atoms with Crippen LogP contribution in [0.25, 0.3) is 27.5 Å². The minimum Gasteiger partial charge on any atom is -0.314 e. The van der Waals surface area contributed by atoms with Gasteiger partial charge in [0, 0.05) is 33.5 Å². The first kappa shape index (κ1) is 27.4. The van der Waals surface area contributed by atoms with Gasteiger partial charge in [0.25, 0.3) is 0 Å². The summed E-state index contributed by atoms with van der Waals surface area (Å²) in [7, 11) is 0. The molecule has 1 aliphatic carbocycles. The Hall–Kier alpha value is -4.82. The molecule has 42 heavy (non-hydrogen) atoms. The number of hydrogen-bond donors (Lipinski definition) is 0. The highest BCUT2D eigenvalue weighted by molar-refractivity contribution is 6.09. The van der Waals surface area contributed by atoms with E-state index in [2.05, 4.69) is 171 Å². The molecule has 0 radical (unpaired) electrons. The van der Waals surface area contributed by atoms with E-state index in [9.17, 15) is 0 Å². The first-order valence-electron chi connectivity index (χ1n) is 14.9. The van der Waals surface area contributed by atoms with Gasteiger partial charge in [0.1, 0.15) is 0 Å². The number of benzene rings is 5. The van der Waals surface area contributed by atoms with E-state index in [0.717, 1.165) is 12.8 Å². The molecule has 0 spiro atoms. The van der Waals surface area contributed by atoms with E-state index in [4.69, 9.17) is 0 Å². The third-order valence-corrected chi connectivity index (χ3v) is 8.25. The molecule has 1 aliphatic rings. The van der Waals surface area contributed by atoms with Gasteiger partial charge in [-0.05, 0) is 106 Å². The van der Waals surface area contributed by atoms with Crippen molar-refractivity contribution in [2.75, 3.05) is 4.90 Å². The van der Waals surface area contributed by atoms with Gasteiger partial charge in [0.05, 0.1) is 11.0 Å². The number of allylic oxidation sites excluding steroid dienone is 4. The molecular weight excluding hydrogens is 508 g/mol. The van der Waals surface area contributed by atoms with Crippen molar-refractivity contribution >= 4 is 33.2 Å². The van der Waals surface area contributed by atoms with Crippen LogP contribution in [0.4, 0.5) is 11.4 Å². The van der Waals surface area contributed by atoms with Crippen LogP contribution in [0, 0.1) is 20.8 Å². The molecule has 1 aromatic heterocycles. The van der Waals surface area contributed by atoms with Crippen LogP contribution in [-0.4, -0.2) is 4.57 Å². The van der Waals surface area contributed by atoms with Crippen molar-refractivity contribution in [1.29, 1.82) is 0 Å². The third-order valence-electron chi connectivity index (χ3n) is 8.25. The lowest BCUT2D eigenvalue weighted by molar-refractivity contribution is 0.903. The molecule has 2 heteroatoms. The predicted molar refractivity (Wildman–Crippen MR) is 181 cm³/mol. The predicted octanol–water partition coefficient (Wildman–Crippen LogP) is 11.2. The fourth-order valence-electron chi connectivity index (χ4n) is 5.93. The van der Waals surface area contributed by atoms with E-state index >= 15 is 0 Å². The molecule has 0 atom stereocenters. The van der Waals surface area contributed by atoms with Crippen LogP contribution in [0.5, 0.6) is 0 Å². The number of aryl methyl sites for hydroxylation is 3. The largest absolute Gasteiger partial charge is 0.314 e. The first-order chi connectivity index (χ1) is 20.5. The van der Waals surface area contributed by atoms with Crippen LogP contribution in [0.1, 0.15) is 36.5 Å². The molecule has 0 unspecified atom stereocenters. The lowest BCUT2D eigenvalue weighted by Gasteiger charge is -2.30. The van der Waals surface area contributed by atoms with E-state index in [1.165, 1.54) is 66.8 Å². The van der Waals surface area contributed by atoms with E-state index < -0.39 is 0 Å². The topological polar surface area (TPSA) is 8.17 Å². The highest BCUT2D eigenvalue weighted by Crippen LogP contribution is 2.36. The summed E-state index contributed by atoms with van der Waals surface area (Å²) in [4.78, 5) is 2.39. The maximum Gasteiger partial charge on any atom is 0.0541 e. The molecule has 1 heterocycles. The average molecular weight is 547 g/mol. The summed E-state index contributed by atoms with van der Waals surface area (Å²) in [6.07, 6.45) is 6.82. The summed E-state index contributed by atoms with van der Waals surface area (Å²) in [6.45, 7) is 8.69. The van der Waals surface area contributed by atoms with Gasteiger partial charge in [-0.15, -0.1) is 0 Å². The van der Waals surface area contributed by atoms with Crippen molar-refractivity contribution in [3.63, 3.8) is 0 Å². The Labute approximate surface area is 249 Å². The van der Waals surface area contributed by atoms with Gasteiger partial charge in [-0.1, -0.05) is 90.5 Å². The quantitative estimate of drug-likeness (QED) is 0.213. The molecule has 0 amide bonds. The number of para-hydroxylation sites is 4. The fourth-order valence-corrected chi connectivity index (χ4v) is 5.93. The van der Waals surface area contributed by atoms with Crippen molar-refractivity contribution < 1.29 is 0 Å². The molecule has 2 nitrogen and oxygen atoms in total. The summed E-state index contributed by atoms with van der Waals surface area (Å²) >= 11 is 0. The number of anilines is 2. The number of fused-ring (bicyclic) bond motifs is 3. The Balaban J connectivity index is 0.000000150. The minimum absolute atomic E-state index is 1.08. The molecular formula is C40H38N2. The molecule has 5 aromatic carbocycles. The first-order valence-corrected chi connectivity index (χ1v) is 14.9. The summed E-state index contributed by atoms with van der Waals surface area (Å²) in [5.41, 5.74) is 12.9. The van der Waals surface area contributed by atoms with Gasteiger partial charge in [0.2, 0.25) is 0 Å². The van der Waals surface area contributed by atoms with Gasteiger partial charge in [-0.3, -0.25) is 0 Å². The summed E-state index contributed by atoms with van der Waals surface area (Å²) in [5.74, 6) is 0. The zero-order valence-electron chi connectivity index (χ0n) is 25.0. The van der Waals surface area contributed by atoms with Crippen LogP contribution >= 0.6 is 0 Å². The summed E-state index contributed by atoms with van der Waals surface area (Å²) in [5, 5.41) is 2.62. The molecule has 6 aromatic rings. The van der Waals surface area contributed by atoms with E-state index in [0.29, 0.717) is 0 Å². The maximum absolute atomic E-state index is 2.39. The van der Waals surface area contributed by atoms with Crippen molar-refractivity contribution in [3.8, 4) is 5.69 Å². The van der Waals surface area contributed by atoms with Gasteiger partial charge < -0.3 is 9.47 Å². The van der Waals surface area contributed by atoms with Gasteiger partial charge in [-0.2, -0.15) is 0 Å². The van der Waals surface area contributed by atoms with Crippen LogP contribution in [0.3, 0.4) is 0 Å². The van der Waals surface area contributed by atoms with Crippen LogP contribution in [0.15, 0.2) is 145 Å². The Morgan fingerprint density at radius 2 is 1.19 bits per heavy atom. The second-order valence-electron chi connectivity index (χ2n) is 11.2. The smallest absolute Gasteiger partial charge is 0.0541 e. The summed E-state index contributed by atoms with van der Waals surface area (Å²) < 4.78 is 2.36. The lowest BCUT2D eigenvalue weighted by Crippen LogP contribution is -2.18. The average Bonchev–Trinajstić information content (AvgIpc) is 3.35. The Kier molecular flexibility index (Phi) is 7.79. The molecule has 0 N–H and O–H groups in total. The number of rotatable bonds is 4. The normalized spacial score (nSPS) is 12.9. The second-order valence-corrected chi connectivity index (χ2v) is 11.2. The molecule has 208 valence electrons. The lowest BCUT2D eigenvalue weighted by atomic mass is 10.0. The Morgan fingerprint density at radius 3 is 1.83 bits per heavy atom. The van der Waals surface area contributed by atoms with E-state index in [-0.39, 0.29) is 0 Å². The van der Waals surface area contributed by atoms with Gasteiger partial charge in [0.15, 0.2) is 0 Å². The van der Waals surface area contributed by atoms with Gasteiger partial charge in [-0.25, -0.2) is 0 Å². The van der Waals surface area contributed by atoms with Crippen LogP contribution in [-0.2, 0) is 0 Å². The molecule has 0 bridgehead atoms. The fraction of sp³-hybridized carbons (Fsp3) is 0.150. The van der Waals surface area contributed by atoms with Crippen molar-refractivity contribution in [2.24, 2.45) is 0 Å². The SMILES string of the molecule is CC1=CCCC(N(c2ccccc2)c2ccccc2C)=C1.Cc1ccc(-n2c3ccccc3c3ccccc32)cc1C. The molecule has 7 rings (SSSR count). The minimum atomic E-state index is 1.08. The highest BCUT2D eigenvalue weighted by atomic mass is 15.1. The monoisotopic (exact) mass is 546 g/mol. The third kappa shape index (κ3) is 5.41. The highest BCUT2D eigenvalue weighted by Gasteiger charge is 2.17. The molecule has 0 aliphatic heterocycles. The Bertz CT molecular complexity index is 1870.